The predicted octanol–water partition coefficient (Wildman–Crippen LogP) is 4.44. The van der Waals surface area contributed by atoms with Crippen molar-refractivity contribution >= 4 is 11.9 Å². The van der Waals surface area contributed by atoms with Gasteiger partial charge < -0.3 is 19.5 Å². The molecule has 0 unspecified atom stereocenters. The third-order valence-electron chi connectivity index (χ3n) is 9.45. The number of halogens is 3. The van der Waals surface area contributed by atoms with Gasteiger partial charge in [0.05, 0.1) is 11.6 Å². The van der Waals surface area contributed by atoms with Crippen LogP contribution in [0.2, 0.25) is 0 Å². The zero-order chi connectivity index (χ0) is 30.0. The molecule has 1 amide bonds. The third-order valence-corrected chi connectivity index (χ3v) is 9.45. The number of piperidine rings is 1. The Morgan fingerprint density at radius 1 is 1.29 bits per heavy atom. The first-order valence-corrected chi connectivity index (χ1v) is 14.0. The number of aromatic hydroxyl groups is 1. The van der Waals surface area contributed by atoms with E-state index >= 15 is 0 Å². The van der Waals surface area contributed by atoms with Crippen molar-refractivity contribution in [2.24, 2.45) is 5.92 Å². The van der Waals surface area contributed by atoms with Gasteiger partial charge in [-0.25, -0.2) is 0 Å². The molecule has 2 aliphatic carbocycles. The summed E-state index contributed by atoms with van der Waals surface area (Å²) in [6, 6.07) is 5.59. The number of nitrogens with zero attached hydrogens (tertiary/aromatic N) is 2. The number of likely N-dealkylation sites (N-methyl/N-ethyl adjacent to an activating group) is 1. The highest BCUT2D eigenvalue weighted by Crippen LogP contribution is 2.65. The summed E-state index contributed by atoms with van der Waals surface area (Å²) in [5.74, 6) is 5.14. The molecule has 2 bridgehead atoms. The van der Waals surface area contributed by atoms with E-state index in [-0.39, 0.29) is 29.5 Å². The van der Waals surface area contributed by atoms with Crippen LogP contribution in [0.25, 0.3) is 0 Å². The van der Waals surface area contributed by atoms with Gasteiger partial charge in [-0.2, -0.15) is 13.2 Å². The van der Waals surface area contributed by atoms with Crippen molar-refractivity contribution in [3.63, 3.8) is 0 Å². The number of hydrogen-bond donors (Lipinski definition) is 1. The van der Waals surface area contributed by atoms with E-state index in [4.69, 9.17) is 9.47 Å². The molecule has 42 heavy (non-hydrogen) atoms. The minimum atomic E-state index is -4.45. The molecule has 1 saturated carbocycles. The van der Waals surface area contributed by atoms with Crippen molar-refractivity contribution in [1.29, 1.82) is 0 Å². The van der Waals surface area contributed by atoms with Crippen molar-refractivity contribution < 1.29 is 37.3 Å². The lowest BCUT2D eigenvalue weighted by molar-refractivity contribution is -0.137. The zero-order valence-electron chi connectivity index (χ0n) is 23.3. The van der Waals surface area contributed by atoms with Crippen LogP contribution >= 0.6 is 0 Å². The lowest BCUT2D eigenvalue weighted by Crippen LogP contribution is -2.68. The molecule has 1 N–H and O–H groups in total. The number of phenols is 1. The van der Waals surface area contributed by atoms with Gasteiger partial charge in [-0.3, -0.25) is 14.5 Å². The van der Waals surface area contributed by atoms with Gasteiger partial charge in [0.1, 0.15) is 11.9 Å². The van der Waals surface area contributed by atoms with Gasteiger partial charge in [-0.05, 0) is 62.4 Å². The van der Waals surface area contributed by atoms with Crippen molar-refractivity contribution in [3.8, 4) is 29.1 Å². The average Bonchev–Trinajstić information content (AvgIpc) is 3.28. The van der Waals surface area contributed by atoms with Crippen LogP contribution in [0.5, 0.6) is 17.2 Å². The highest BCUT2D eigenvalue weighted by molar-refractivity contribution is 5.94. The molecule has 4 aliphatic rings. The molecule has 1 spiro atoms. The van der Waals surface area contributed by atoms with E-state index in [1.165, 1.54) is 25.1 Å². The van der Waals surface area contributed by atoms with Crippen LogP contribution in [0.4, 0.5) is 13.2 Å². The number of ether oxygens (including phenoxy) is 2. The number of rotatable bonds is 4. The van der Waals surface area contributed by atoms with E-state index in [1.807, 2.05) is 6.08 Å². The summed E-state index contributed by atoms with van der Waals surface area (Å²) in [6.45, 7) is 6.72. The highest BCUT2D eigenvalue weighted by atomic mass is 19.4. The maximum atomic E-state index is 13.3. The quantitative estimate of drug-likeness (QED) is 0.250. The van der Waals surface area contributed by atoms with Gasteiger partial charge in [0.25, 0.3) is 5.91 Å². The van der Waals surface area contributed by atoms with E-state index < -0.39 is 35.1 Å². The molecule has 10 heteroatoms. The Hall–Kier alpha value is -3.97. The van der Waals surface area contributed by atoms with Gasteiger partial charge in [0, 0.05) is 60.7 Å². The van der Waals surface area contributed by atoms with Crippen molar-refractivity contribution in [2.45, 2.75) is 62.4 Å². The summed E-state index contributed by atoms with van der Waals surface area (Å²) in [7, 11) is 1.66. The number of phenolic OH excluding ortho intramolecular Hbond substituents is 1. The van der Waals surface area contributed by atoms with Crippen LogP contribution in [-0.4, -0.2) is 65.1 Å². The lowest BCUT2D eigenvalue weighted by Gasteiger charge is -2.60. The molecule has 2 aromatic rings. The molecule has 2 heterocycles. The van der Waals surface area contributed by atoms with Crippen LogP contribution in [-0.2, 0) is 27.6 Å². The Kier molecular flexibility index (Phi) is 6.76. The van der Waals surface area contributed by atoms with E-state index in [2.05, 4.69) is 23.3 Å². The number of alkyl halides is 3. The predicted molar refractivity (Wildman–Crippen MR) is 147 cm³/mol. The second kappa shape index (κ2) is 10.1. The van der Waals surface area contributed by atoms with E-state index in [0.29, 0.717) is 24.2 Å². The normalized spacial score (nSPS) is 27.2. The molecule has 1 saturated heterocycles. The fourth-order valence-corrected chi connectivity index (χ4v) is 7.78. The van der Waals surface area contributed by atoms with Crippen LogP contribution in [0.15, 0.2) is 43.0 Å². The smallest absolute Gasteiger partial charge is 0.416 e. The fraction of sp³-hybridized carbons (Fsp3) is 0.438. The summed E-state index contributed by atoms with van der Waals surface area (Å²) < 4.78 is 50.9. The number of esters is 1. The van der Waals surface area contributed by atoms with Crippen LogP contribution < -0.4 is 9.47 Å². The maximum Gasteiger partial charge on any atom is 0.416 e. The second-order valence-electron chi connectivity index (χ2n) is 11.5. The standard InChI is InChI=1S/C32H31F3N2O5/c1-4-14-37-15-13-31-22-10-11-23(36(3)27(40)12-7-19-5-8-20(9-6-19)32(33,34)35)30(31)42-29-26(41-18(2)38)17-25(39)21(28(29)31)16-24(22)37/h4-6,8-9,17,22-24,30,39H,1,10-11,13-16H2,2-3H3/t22-,23-,24+,30-,31-/m0/s1. The summed E-state index contributed by atoms with van der Waals surface area (Å²) in [6.07, 6.45) is -0.211. The zero-order valence-corrected chi connectivity index (χ0v) is 23.3. The van der Waals surface area contributed by atoms with Crippen LogP contribution in [0.1, 0.15) is 48.4 Å². The monoisotopic (exact) mass is 580 g/mol. The Labute approximate surface area is 241 Å². The maximum absolute atomic E-state index is 13.3. The molecule has 6 rings (SSSR count). The Balaban J connectivity index is 1.35. The molecule has 5 atom stereocenters. The minimum Gasteiger partial charge on any atom is -0.508 e. The topological polar surface area (TPSA) is 79.3 Å². The van der Waals surface area contributed by atoms with Gasteiger partial charge in [-0.1, -0.05) is 12.0 Å². The highest BCUT2D eigenvalue weighted by Gasteiger charge is 2.67. The molecule has 7 nitrogen and oxygen atoms in total. The molecule has 220 valence electrons. The minimum absolute atomic E-state index is 0.0616. The number of carbonyl (C=O) groups is 2. The Morgan fingerprint density at radius 3 is 2.69 bits per heavy atom. The van der Waals surface area contributed by atoms with Crippen LogP contribution in [0, 0.1) is 17.8 Å². The van der Waals surface area contributed by atoms with Gasteiger partial charge in [-0.15, -0.1) is 6.58 Å². The first kappa shape index (κ1) is 28.2. The number of amides is 1. The summed E-state index contributed by atoms with van der Waals surface area (Å²) >= 11 is 0. The van der Waals surface area contributed by atoms with Gasteiger partial charge in [0.2, 0.25) is 0 Å². The largest absolute Gasteiger partial charge is 0.508 e. The average molecular weight is 581 g/mol. The molecule has 2 fully saturated rings. The SMILES string of the molecule is C=CCN1CC[C@]23c4c5c(O)cc(OC(C)=O)c4O[C@H]2[C@@H](N(C)C(=O)C#Cc2ccc(C(F)(F)F)cc2)CC[C@H]3[C@H]1C5. The fourth-order valence-electron chi connectivity index (χ4n) is 7.78. The van der Waals surface area contributed by atoms with Crippen molar-refractivity contribution in [1.82, 2.24) is 9.80 Å². The van der Waals surface area contributed by atoms with Crippen molar-refractivity contribution in [3.05, 3.63) is 65.2 Å². The molecule has 0 aromatic heterocycles. The van der Waals surface area contributed by atoms with Gasteiger partial charge in [0.15, 0.2) is 11.5 Å². The number of likely N-dealkylation sites (tertiary alicyclic amines) is 1. The van der Waals surface area contributed by atoms with Gasteiger partial charge >= 0.3 is 12.1 Å². The first-order valence-electron chi connectivity index (χ1n) is 14.0. The summed E-state index contributed by atoms with van der Waals surface area (Å²) in [5.41, 5.74) is 0.679. The Morgan fingerprint density at radius 2 is 2.02 bits per heavy atom. The number of carbonyl (C=O) groups excluding carboxylic acids is 2. The van der Waals surface area contributed by atoms with E-state index in [0.717, 1.165) is 49.2 Å². The first-order chi connectivity index (χ1) is 20.0. The lowest BCUT2D eigenvalue weighted by atomic mass is 9.51. The summed E-state index contributed by atoms with van der Waals surface area (Å²) in [4.78, 5) is 29.2. The molecule has 2 aliphatic heterocycles. The third kappa shape index (κ3) is 4.33. The molecular weight excluding hydrogens is 549 g/mol. The van der Waals surface area contributed by atoms with Crippen LogP contribution in [0.3, 0.4) is 0 Å². The number of benzene rings is 2. The summed E-state index contributed by atoms with van der Waals surface area (Å²) in [5, 5.41) is 11.1. The van der Waals surface area contributed by atoms with Crippen molar-refractivity contribution in [2.75, 3.05) is 20.1 Å². The number of hydrogen-bond acceptors (Lipinski definition) is 6. The second-order valence-corrected chi connectivity index (χ2v) is 11.5. The Bertz CT molecular complexity index is 1530. The van der Waals surface area contributed by atoms with E-state index in [1.54, 1.807) is 11.9 Å². The molecule has 2 aromatic carbocycles. The molecular formula is C32H31F3N2O5. The molecule has 0 radical (unpaired) electrons. The van der Waals surface area contributed by atoms with E-state index in [9.17, 15) is 27.9 Å².